The molecule has 1 aliphatic heterocycles. The van der Waals surface area contributed by atoms with Crippen LogP contribution in [-0.2, 0) is 0 Å². The summed E-state index contributed by atoms with van der Waals surface area (Å²) in [4.78, 5) is 11.2. The highest BCUT2D eigenvalue weighted by Crippen LogP contribution is 2.49. The van der Waals surface area contributed by atoms with Crippen LogP contribution in [0.2, 0.25) is 0 Å². The SMILES string of the molecule is O=C(O)c1ccc2c(c1)[C@H]1C=CC[C@H]1[C@@H](c1cccc(F)c1)N2. The summed E-state index contributed by atoms with van der Waals surface area (Å²) >= 11 is 0. The fourth-order valence-corrected chi connectivity index (χ4v) is 3.76. The number of anilines is 1. The Morgan fingerprint density at radius 3 is 2.87 bits per heavy atom. The number of halogens is 1. The Morgan fingerprint density at radius 1 is 1.22 bits per heavy atom. The minimum atomic E-state index is -0.918. The number of hydrogen-bond acceptors (Lipinski definition) is 2. The molecule has 0 amide bonds. The summed E-state index contributed by atoms with van der Waals surface area (Å²) in [5, 5.41) is 12.7. The predicted octanol–water partition coefficient (Wildman–Crippen LogP) is 4.35. The van der Waals surface area contributed by atoms with Crippen molar-refractivity contribution in [2.24, 2.45) is 5.92 Å². The van der Waals surface area contributed by atoms with Crippen molar-refractivity contribution in [3.05, 3.63) is 77.1 Å². The van der Waals surface area contributed by atoms with Crippen LogP contribution in [0.4, 0.5) is 10.1 Å². The molecule has 3 atom stereocenters. The summed E-state index contributed by atoms with van der Waals surface area (Å²) in [6, 6.07) is 11.9. The van der Waals surface area contributed by atoms with Gasteiger partial charge in [-0.25, -0.2) is 9.18 Å². The summed E-state index contributed by atoms with van der Waals surface area (Å²) in [7, 11) is 0. The van der Waals surface area contributed by atoms with Gasteiger partial charge in [0.05, 0.1) is 11.6 Å². The van der Waals surface area contributed by atoms with E-state index >= 15 is 0 Å². The predicted molar refractivity (Wildman–Crippen MR) is 86.2 cm³/mol. The summed E-state index contributed by atoms with van der Waals surface area (Å²) in [5.74, 6) is -0.718. The molecular weight excluding hydrogens is 293 g/mol. The molecule has 0 fully saturated rings. The van der Waals surface area contributed by atoms with Gasteiger partial charge < -0.3 is 10.4 Å². The first-order valence-electron chi connectivity index (χ1n) is 7.69. The van der Waals surface area contributed by atoms with Gasteiger partial charge in [0, 0.05) is 11.6 Å². The summed E-state index contributed by atoms with van der Waals surface area (Å²) in [6.45, 7) is 0. The summed E-state index contributed by atoms with van der Waals surface area (Å²) in [5.41, 5.74) is 3.17. The number of nitrogens with one attached hydrogen (secondary N) is 1. The molecular formula is C19H16FNO2. The van der Waals surface area contributed by atoms with E-state index in [1.54, 1.807) is 24.3 Å². The normalized spacial score (nSPS) is 24.7. The average molecular weight is 309 g/mol. The molecule has 0 aromatic heterocycles. The molecule has 0 spiro atoms. The Morgan fingerprint density at radius 2 is 2.09 bits per heavy atom. The van der Waals surface area contributed by atoms with Gasteiger partial charge in [-0.3, -0.25) is 0 Å². The maximum Gasteiger partial charge on any atom is 0.335 e. The average Bonchev–Trinajstić information content (AvgIpc) is 3.03. The van der Waals surface area contributed by atoms with Crippen LogP contribution in [0.1, 0.15) is 39.9 Å². The lowest BCUT2D eigenvalue weighted by Crippen LogP contribution is -2.29. The quantitative estimate of drug-likeness (QED) is 0.811. The molecule has 4 heteroatoms. The van der Waals surface area contributed by atoms with Gasteiger partial charge in [-0.2, -0.15) is 0 Å². The molecule has 1 heterocycles. The Labute approximate surface area is 133 Å². The van der Waals surface area contributed by atoms with Crippen LogP contribution in [0.3, 0.4) is 0 Å². The van der Waals surface area contributed by atoms with Crippen molar-refractivity contribution in [2.45, 2.75) is 18.4 Å². The zero-order valence-electron chi connectivity index (χ0n) is 12.4. The Balaban J connectivity index is 1.79. The molecule has 1 aliphatic carbocycles. The van der Waals surface area contributed by atoms with E-state index in [1.807, 2.05) is 12.1 Å². The van der Waals surface area contributed by atoms with Crippen molar-refractivity contribution in [1.29, 1.82) is 0 Å². The van der Waals surface area contributed by atoms with Crippen molar-refractivity contribution in [3.63, 3.8) is 0 Å². The number of carboxylic acids is 1. The van der Waals surface area contributed by atoms with E-state index < -0.39 is 5.97 Å². The molecule has 4 rings (SSSR count). The maximum atomic E-state index is 13.6. The number of aromatic carboxylic acids is 1. The Kier molecular flexibility index (Phi) is 3.18. The minimum absolute atomic E-state index is 0.0221. The number of rotatable bonds is 2. The third kappa shape index (κ3) is 2.31. The smallest absolute Gasteiger partial charge is 0.335 e. The van der Waals surface area contributed by atoms with E-state index in [9.17, 15) is 14.3 Å². The molecule has 3 nitrogen and oxygen atoms in total. The number of allylic oxidation sites excluding steroid dienone is 2. The Hall–Kier alpha value is -2.62. The van der Waals surface area contributed by atoms with Gasteiger partial charge in [-0.1, -0.05) is 24.3 Å². The molecule has 2 N–H and O–H groups in total. The lowest BCUT2D eigenvalue weighted by Gasteiger charge is -2.37. The molecule has 0 bridgehead atoms. The number of fused-ring (bicyclic) bond motifs is 3. The van der Waals surface area contributed by atoms with Crippen molar-refractivity contribution < 1.29 is 14.3 Å². The summed E-state index contributed by atoms with van der Waals surface area (Å²) < 4.78 is 13.6. The van der Waals surface area contributed by atoms with E-state index in [-0.39, 0.29) is 23.7 Å². The number of hydrogen-bond donors (Lipinski definition) is 2. The molecule has 23 heavy (non-hydrogen) atoms. The second-order valence-electron chi connectivity index (χ2n) is 6.14. The highest BCUT2D eigenvalue weighted by molar-refractivity contribution is 5.89. The third-order valence-corrected chi connectivity index (χ3v) is 4.82. The molecule has 2 aliphatic rings. The van der Waals surface area contributed by atoms with Gasteiger partial charge in [0.25, 0.3) is 0 Å². The van der Waals surface area contributed by atoms with Gasteiger partial charge in [0.1, 0.15) is 5.82 Å². The number of carboxylic acid groups (broad SMARTS) is 1. The van der Waals surface area contributed by atoms with Crippen LogP contribution in [0, 0.1) is 11.7 Å². The number of carbonyl (C=O) groups is 1. The van der Waals surface area contributed by atoms with Gasteiger partial charge in [-0.05, 0) is 53.8 Å². The second kappa shape index (κ2) is 5.23. The highest BCUT2D eigenvalue weighted by Gasteiger charge is 2.38. The third-order valence-electron chi connectivity index (χ3n) is 4.82. The molecule has 0 unspecified atom stereocenters. The lowest BCUT2D eigenvalue weighted by atomic mass is 9.76. The largest absolute Gasteiger partial charge is 0.478 e. The van der Waals surface area contributed by atoms with E-state index in [0.717, 1.165) is 23.2 Å². The first-order valence-corrected chi connectivity index (χ1v) is 7.69. The molecule has 2 aromatic rings. The zero-order valence-corrected chi connectivity index (χ0v) is 12.4. The fourth-order valence-electron chi connectivity index (χ4n) is 3.76. The van der Waals surface area contributed by atoms with Crippen molar-refractivity contribution in [2.75, 3.05) is 5.32 Å². The first kappa shape index (κ1) is 14.0. The molecule has 2 aromatic carbocycles. The second-order valence-corrected chi connectivity index (χ2v) is 6.14. The fraction of sp³-hybridized carbons (Fsp3) is 0.211. The standard InChI is InChI=1S/C19H16FNO2/c20-13-4-1-3-11(9-13)18-15-6-2-5-14(15)16-10-12(19(22)23)7-8-17(16)21-18/h1-5,7-10,14-15,18,21H,6H2,(H,22,23)/t14-,15+,18+/m0/s1. The zero-order chi connectivity index (χ0) is 16.0. The topological polar surface area (TPSA) is 49.3 Å². The van der Waals surface area contributed by atoms with Crippen LogP contribution in [0.15, 0.2) is 54.6 Å². The lowest BCUT2D eigenvalue weighted by molar-refractivity contribution is 0.0696. The molecule has 0 saturated carbocycles. The number of benzene rings is 2. The summed E-state index contributed by atoms with van der Waals surface area (Å²) in [6.07, 6.45) is 5.17. The van der Waals surface area contributed by atoms with Crippen molar-refractivity contribution in [3.8, 4) is 0 Å². The van der Waals surface area contributed by atoms with E-state index in [2.05, 4.69) is 17.5 Å². The van der Waals surface area contributed by atoms with Crippen molar-refractivity contribution in [1.82, 2.24) is 0 Å². The van der Waals surface area contributed by atoms with Crippen molar-refractivity contribution >= 4 is 11.7 Å². The van der Waals surface area contributed by atoms with E-state index in [0.29, 0.717) is 5.56 Å². The van der Waals surface area contributed by atoms with Crippen LogP contribution in [0.25, 0.3) is 0 Å². The Bertz CT molecular complexity index is 815. The first-order chi connectivity index (χ1) is 11.1. The van der Waals surface area contributed by atoms with Crippen LogP contribution in [-0.4, -0.2) is 11.1 Å². The van der Waals surface area contributed by atoms with Crippen LogP contribution in [0.5, 0.6) is 0 Å². The van der Waals surface area contributed by atoms with Gasteiger partial charge >= 0.3 is 5.97 Å². The van der Waals surface area contributed by atoms with Crippen LogP contribution < -0.4 is 5.32 Å². The maximum absolute atomic E-state index is 13.6. The highest BCUT2D eigenvalue weighted by atomic mass is 19.1. The van der Waals surface area contributed by atoms with Gasteiger partial charge in [0.2, 0.25) is 0 Å². The molecule has 0 saturated heterocycles. The van der Waals surface area contributed by atoms with Crippen LogP contribution >= 0.6 is 0 Å². The molecule has 0 radical (unpaired) electrons. The minimum Gasteiger partial charge on any atom is -0.478 e. The van der Waals surface area contributed by atoms with E-state index in [4.69, 9.17) is 0 Å². The van der Waals surface area contributed by atoms with Gasteiger partial charge in [0.15, 0.2) is 0 Å². The van der Waals surface area contributed by atoms with E-state index in [1.165, 1.54) is 6.07 Å². The monoisotopic (exact) mass is 309 g/mol. The van der Waals surface area contributed by atoms with Gasteiger partial charge in [-0.15, -0.1) is 0 Å². The molecule has 116 valence electrons.